The zero-order valence-corrected chi connectivity index (χ0v) is 13.2. The molecular formula is C15H12ClN3O2S. The molecule has 0 fully saturated rings. The fourth-order valence-corrected chi connectivity index (χ4v) is 2.65. The first-order valence-electron chi connectivity index (χ1n) is 6.53. The molecule has 0 radical (unpaired) electrons. The van der Waals surface area contributed by atoms with Crippen molar-refractivity contribution in [2.45, 2.75) is 13.3 Å². The maximum Gasteiger partial charge on any atom is 0.248 e. The Morgan fingerprint density at radius 3 is 2.95 bits per heavy atom. The van der Waals surface area contributed by atoms with E-state index in [1.54, 1.807) is 23.5 Å². The Labute approximate surface area is 135 Å². The zero-order valence-electron chi connectivity index (χ0n) is 11.7. The van der Waals surface area contributed by atoms with Gasteiger partial charge in [-0.15, -0.1) is 10.2 Å². The number of aromatic nitrogens is 2. The summed E-state index contributed by atoms with van der Waals surface area (Å²) in [5.74, 6) is 0.458. The normalized spacial score (nSPS) is 10.6. The van der Waals surface area contributed by atoms with Gasteiger partial charge in [0.05, 0.1) is 0 Å². The van der Waals surface area contributed by atoms with Gasteiger partial charge in [0, 0.05) is 21.7 Å². The highest BCUT2D eigenvalue weighted by atomic mass is 35.5. The number of hydrogen-bond acceptors (Lipinski definition) is 5. The second-order valence-corrected chi connectivity index (χ2v) is 5.89. The lowest BCUT2D eigenvalue weighted by atomic mass is 10.2. The van der Waals surface area contributed by atoms with Crippen molar-refractivity contribution < 1.29 is 9.21 Å². The molecule has 0 aliphatic rings. The molecule has 2 aromatic heterocycles. The van der Waals surface area contributed by atoms with Crippen LogP contribution in [0.2, 0.25) is 5.02 Å². The number of thiophene rings is 1. The lowest BCUT2D eigenvalue weighted by Crippen LogP contribution is -2.14. The topological polar surface area (TPSA) is 68.0 Å². The molecule has 5 nitrogen and oxygen atoms in total. The highest BCUT2D eigenvalue weighted by molar-refractivity contribution is 7.08. The maximum absolute atomic E-state index is 12.0. The Bertz CT molecular complexity index is 799. The summed E-state index contributed by atoms with van der Waals surface area (Å²) in [5, 5.41) is 15.0. The minimum atomic E-state index is -0.236. The Balaban J connectivity index is 1.65. The third-order valence-corrected chi connectivity index (χ3v) is 4.09. The molecule has 0 aliphatic heterocycles. The molecule has 0 unspecified atom stereocenters. The first kappa shape index (κ1) is 14.7. The summed E-state index contributed by atoms with van der Waals surface area (Å²) in [6.45, 7) is 1.90. The lowest BCUT2D eigenvalue weighted by molar-refractivity contribution is -0.115. The van der Waals surface area contributed by atoms with E-state index >= 15 is 0 Å². The van der Waals surface area contributed by atoms with Gasteiger partial charge in [-0.1, -0.05) is 17.7 Å². The molecule has 0 bridgehead atoms. The van der Waals surface area contributed by atoms with E-state index in [0.29, 0.717) is 16.6 Å². The average molecular weight is 334 g/mol. The number of nitrogens with one attached hydrogen (secondary N) is 1. The number of anilines is 1. The second-order valence-electron chi connectivity index (χ2n) is 4.70. The summed E-state index contributed by atoms with van der Waals surface area (Å²) in [4.78, 5) is 12.0. The number of carbonyl (C=O) groups excluding carboxylic acids is 1. The molecule has 1 aromatic carbocycles. The number of amides is 1. The fraction of sp³-hybridized carbons (Fsp3) is 0.133. The third kappa shape index (κ3) is 3.35. The molecule has 0 saturated carbocycles. The predicted molar refractivity (Wildman–Crippen MR) is 86.1 cm³/mol. The van der Waals surface area contributed by atoms with Crippen LogP contribution in [0.1, 0.15) is 11.5 Å². The summed E-state index contributed by atoms with van der Waals surface area (Å²) in [7, 11) is 0. The van der Waals surface area contributed by atoms with E-state index in [2.05, 4.69) is 15.5 Å². The number of nitrogens with zero attached hydrogens (tertiary/aromatic N) is 2. The van der Waals surface area contributed by atoms with Gasteiger partial charge in [0.2, 0.25) is 17.7 Å². The molecule has 1 amide bonds. The van der Waals surface area contributed by atoms with Crippen molar-refractivity contribution in [3.8, 4) is 11.5 Å². The van der Waals surface area contributed by atoms with Gasteiger partial charge in [-0.05, 0) is 36.1 Å². The van der Waals surface area contributed by atoms with E-state index in [0.717, 1.165) is 11.1 Å². The first-order chi connectivity index (χ1) is 10.6. The van der Waals surface area contributed by atoms with Crippen LogP contribution in [0.15, 0.2) is 39.4 Å². The van der Waals surface area contributed by atoms with Crippen molar-refractivity contribution >= 4 is 34.5 Å². The maximum atomic E-state index is 12.0. The Hall–Kier alpha value is -2.18. The molecule has 0 aliphatic carbocycles. The summed E-state index contributed by atoms with van der Waals surface area (Å²) < 4.78 is 5.48. The van der Waals surface area contributed by atoms with Gasteiger partial charge in [0.25, 0.3) is 0 Å². The van der Waals surface area contributed by atoms with Crippen molar-refractivity contribution in [3.63, 3.8) is 0 Å². The van der Waals surface area contributed by atoms with Crippen LogP contribution in [-0.4, -0.2) is 16.1 Å². The van der Waals surface area contributed by atoms with Crippen molar-refractivity contribution in [1.29, 1.82) is 0 Å². The van der Waals surface area contributed by atoms with Crippen LogP contribution in [0.3, 0.4) is 0 Å². The smallest absolute Gasteiger partial charge is 0.248 e. The molecule has 3 rings (SSSR count). The van der Waals surface area contributed by atoms with Crippen LogP contribution in [0.25, 0.3) is 11.5 Å². The molecule has 3 aromatic rings. The summed E-state index contributed by atoms with van der Waals surface area (Å²) in [6.07, 6.45) is 0.0165. The number of halogens is 1. The minimum Gasteiger partial charge on any atom is -0.420 e. The van der Waals surface area contributed by atoms with Crippen molar-refractivity contribution in [1.82, 2.24) is 10.2 Å². The van der Waals surface area contributed by atoms with Crippen molar-refractivity contribution in [2.24, 2.45) is 0 Å². The van der Waals surface area contributed by atoms with Crippen molar-refractivity contribution in [2.75, 3.05) is 5.32 Å². The van der Waals surface area contributed by atoms with Crippen LogP contribution >= 0.6 is 22.9 Å². The van der Waals surface area contributed by atoms with Gasteiger partial charge in [0.15, 0.2) is 0 Å². The Morgan fingerprint density at radius 2 is 2.23 bits per heavy atom. The number of hydrogen-bond donors (Lipinski definition) is 1. The van der Waals surface area contributed by atoms with Gasteiger partial charge < -0.3 is 9.73 Å². The average Bonchev–Trinajstić information content (AvgIpc) is 3.13. The number of benzene rings is 1. The van der Waals surface area contributed by atoms with Crippen LogP contribution in [0, 0.1) is 6.92 Å². The highest BCUT2D eigenvalue weighted by Crippen LogP contribution is 2.22. The molecular weight excluding hydrogens is 322 g/mol. The predicted octanol–water partition coefficient (Wildman–Crippen LogP) is 3.94. The van der Waals surface area contributed by atoms with E-state index in [1.807, 2.05) is 29.8 Å². The van der Waals surface area contributed by atoms with Gasteiger partial charge in [-0.3, -0.25) is 4.79 Å². The van der Waals surface area contributed by atoms with E-state index in [-0.39, 0.29) is 18.2 Å². The first-order valence-corrected chi connectivity index (χ1v) is 7.85. The molecule has 0 atom stereocenters. The second kappa shape index (κ2) is 6.29. The lowest BCUT2D eigenvalue weighted by Gasteiger charge is -2.05. The molecule has 2 heterocycles. The van der Waals surface area contributed by atoms with Gasteiger partial charge >= 0.3 is 0 Å². The van der Waals surface area contributed by atoms with Crippen LogP contribution < -0.4 is 5.32 Å². The largest absolute Gasteiger partial charge is 0.420 e. The molecule has 1 N–H and O–H groups in total. The molecule has 7 heteroatoms. The van der Waals surface area contributed by atoms with E-state index in [1.165, 1.54) is 0 Å². The monoisotopic (exact) mass is 333 g/mol. The molecule has 0 saturated heterocycles. The Morgan fingerprint density at radius 1 is 1.36 bits per heavy atom. The van der Waals surface area contributed by atoms with Gasteiger partial charge in [0.1, 0.15) is 6.42 Å². The highest BCUT2D eigenvalue weighted by Gasteiger charge is 2.13. The van der Waals surface area contributed by atoms with Crippen molar-refractivity contribution in [3.05, 3.63) is 51.5 Å². The van der Waals surface area contributed by atoms with Crippen LogP contribution in [0.5, 0.6) is 0 Å². The molecule has 0 spiro atoms. The SMILES string of the molecule is Cc1ccc(NC(=O)Cc2nnc(-c3ccsc3)o2)cc1Cl. The summed E-state index contributed by atoms with van der Waals surface area (Å²) >= 11 is 7.57. The van der Waals surface area contributed by atoms with E-state index in [4.69, 9.17) is 16.0 Å². The molecule has 22 heavy (non-hydrogen) atoms. The number of rotatable bonds is 4. The van der Waals surface area contributed by atoms with Crippen LogP contribution in [0.4, 0.5) is 5.69 Å². The quantitative estimate of drug-likeness (QED) is 0.785. The summed E-state index contributed by atoms with van der Waals surface area (Å²) in [5.41, 5.74) is 2.45. The Kier molecular flexibility index (Phi) is 4.22. The van der Waals surface area contributed by atoms with Gasteiger partial charge in [-0.25, -0.2) is 0 Å². The third-order valence-electron chi connectivity index (χ3n) is 3.00. The minimum absolute atomic E-state index is 0.0165. The van der Waals surface area contributed by atoms with Gasteiger partial charge in [-0.2, -0.15) is 11.3 Å². The van der Waals surface area contributed by atoms with E-state index < -0.39 is 0 Å². The number of carbonyl (C=O) groups is 1. The number of aryl methyl sites for hydroxylation is 1. The van der Waals surface area contributed by atoms with Crippen LogP contribution in [-0.2, 0) is 11.2 Å². The standard InChI is InChI=1S/C15H12ClN3O2S/c1-9-2-3-11(6-12(9)16)17-13(20)7-14-18-19-15(21-14)10-4-5-22-8-10/h2-6,8H,7H2,1H3,(H,17,20). The summed E-state index contributed by atoms with van der Waals surface area (Å²) in [6, 6.07) is 7.23. The molecule has 112 valence electrons. The zero-order chi connectivity index (χ0) is 15.5. The fourth-order valence-electron chi connectivity index (χ4n) is 1.84. The van der Waals surface area contributed by atoms with E-state index in [9.17, 15) is 4.79 Å².